The Labute approximate surface area is 397 Å². The Kier molecular flexibility index (Phi) is 14.9. The Hall–Kier alpha value is -7.98. The lowest BCUT2D eigenvalue weighted by molar-refractivity contribution is -0.136. The van der Waals surface area contributed by atoms with Gasteiger partial charge in [-0.25, -0.2) is 27.1 Å². The molecule has 368 valence electrons. The number of primary sulfonamides is 2. The van der Waals surface area contributed by atoms with Crippen LogP contribution in [-0.4, -0.2) is 122 Å². The molecule has 0 atom stereocenters. The number of carboxylic acids is 2. The summed E-state index contributed by atoms with van der Waals surface area (Å²) in [5.41, 5.74) is 0.135. The number of aromatic nitrogens is 6. The lowest BCUT2D eigenvalue weighted by Gasteiger charge is -2.17. The molecular weight excluding hydrogens is 1000 g/mol. The second-order valence-electron chi connectivity index (χ2n) is 14.5. The van der Waals surface area contributed by atoms with E-state index in [4.69, 9.17) is 10.3 Å². The van der Waals surface area contributed by atoms with Crippen molar-refractivity contribution in [3.63, 3.8) is 0 Å². The average molecular weight is 1040 g/mol. The Balaban J connectivity index is 1.30. The van der Waals surface area contributed by atoms with E-state index >= 15 is 0 Å². The highest BCUT2D eigenvalue weighted by atomic mass is 32.2. The Morgan fingerprint density at radius 2 is 0.786 bits per heavy atom. The maximum absolute atomic E-state index is 12.7. The van der Waals surface area contributed by atoms with Crippen molar-refractivity contribution in [2.45, 2.75) is 19.6 Å². The molecule has 0 aliphatic carbocycles. The van der Waals surface area contributed by atoms with Gasteiger partial charge in [-0.05, 0) is 83.9 Å². The van der Waals surface area contributed by atoms with Crippen LogP contribution in [0, 0.1) is 0 Å². The van der Waals surface area contributed by atoms with Crippen molar-refractivity contribution < 1.29 is 62.6 Å². The van der Waals surface area contributed by atoms with E-state index in [2.05, 4.69) is 51.2 Å². The zero-order valence-corrected chi connectivity index (χ0v) is 39.2. The quantitative estimate of drug-likeness (QED) is 0.0386. The number of nitrogens with one attached hydrogen (secondary N) is 4. The van der Waals surface area contributed by atoms with E-state index in [1.807, 2.05) is 0 Å². The van der Waals surface area contributed by atoms with Crippen molar-refractivity contribution >= 4 is 123 Å². The lowest BCUT2D eigenvalue weighted by atomic mass is 10.1. The third-order valence-electron chi connectivity index (χ3n) is 9.09. The molecule has 2 heterocycles. The van der Waals surface area contributed by atoms with Crippen LogP contribution in [0.15, 0.2) is 105 Å². The number of rotatable bonds is 20. The number of benzene rings is 4. The molecule has 0 aliphatic rings. The molecule has 28 nitrogen and oxygen atoms in total. The number of aliphatic carboxylic acids is 2. The van der Waals surface area contributed by atoms with E-state index in [9.17, 15) is 62.6 Å². The van der Waals surface area contributed by atoms with Gasteiger partial charge in [0.25, 0.3) is 20.2 Å². The molecule has 0 saturated heterocycles. The van der Waals surface area contributed by atoms with Gasteiger partial charge in [0.05, 0.1) is 9.79 Å². The molecule has 6 aromatic rings. The summed E-state index contributed by atoms with van der Waals surface area (Å²) in [7, 11) is -15.3. The predicted molar refractivity (Wildman–Crippen MR) is 252 cm³/mol. The number of likely N-dealkylation sites (N-methyl/N-ethyl adjacent to an activating group) is 2. The zero-order chi connectivity index (χ0) is 51.3. The normalized spacial score (nSPS) is 12.0. The number of hydrogen-bond donors (Lipinski definition) is 10. The summed E-state index contributed by atoms with van der Waals surface area (Å²) in [4.78, 5) is 48.7. The number of hydrogen-bond acceptors (Lipinski definition) is 22. The van der Waals surface area contributed by atoms with Gasteiger partial charge in [0, 0.05) is 36.8 Å². The number of nitrogens with two attached hydrogens (primary N) is 2. The van der Waals surface area contributed by atoms with Crippen LogP contribution in [-0.2, 0) is 49.9 Å². The molecule has 0 radical (unpaired) electrons. The van der Waals surface area contributed by atoms with Gasteiger partial charge in [0.1, 0.15) is 22.9 Å². The van der Waals surface area contributed by atoms with Gasteiger partial charge < -0.3 is 41.3 Å². The fourth-order valence-electron chi connectivity index (χ4n) is 5.94. The minimum absolute atomic E-state index is 0.0331. The zero-order valence-electron chi connectivity index (χ0n) is 35.9. The topological polar surface area (TPSA) is 436 Å². The first-order valence-electron chi connectivity index (χ1n) is 19.2. The maximum atomic E-state index is 12.7. The first-order chi connectivity index (χ1) is 32.6. The highest BCUT2D eigenvalue weighted by Crippen LogP contribution is 2.29. The highest BCUT2D eigenvalue weighted by molar-refractivity contribution is 7.89. The first kappa shape index (κ1) is 51.4. The molecule has 0 spiro atoms. The van der Waals surface area contributed by atoms with Crippen molar-refractivity contribution in [2.75, 3.05) is 58.3 Å². The highest BCUT2D eigenvalue weighted by Gasteiger charge is 2.21. The van der Waals surface area contributed by atoms with E-state index in [0.717, 1.165) is 34.1 Å². The molecule has 2 aromatic heterocycles. The molecule has 0 amide bonds. The van der Waals surface area contributed by atoms with Crippen molar-refractivity contribution in [3.05, 3.63) is 96.1 Å². The van der Waals surface area contributed by atoms with E-state index in [-0.39, 0.29) is 79.4 Å². The van der Waals surface area contributed by atoms with Crippen LogP contribution >= 0.6 is 0 Å². The number of carbonyl (C=O) groups is 2. The number of anilines is 10. The molecule has 0 fully saturated rings. The van der Waals surface area contributed by atoms with E-state index < -0.39 is 75.1 Å². The predicted octanol–water partition coefficient (Wildman–Crippen LogP) is 2.03. The summed E-state index contributed by atoms with van der Waals surface area (Å²) in [6.45, 7) is -1.12. The average Bonchev–Trinajstić information content (AvgIpc) is 3.24. The fraction of sp³-hybridized carbons (Fsp3) is 0.105. The third kappa shape index (κ3) is 13.8. The van der Waals surface area contributed by atoms with Crippen LogP contribution < -0.4 is 41.3 Å². The maximum Gasteiger partial charge on any atom is 0.323 e. The number of carboxylic acid groups (broad SMARTS) is 2. The van der Waals surface area contributed by atoms with Gasteiger partial charge in [0.15, 0.2) is 0 Å². The molecule has 0 unspecified atom stereocenters. The van der Waals surface area contributed by atoms with Gasteiger partial charge in [0.2, 0.25) is 55.7 Å². The van der Waals surface area contributed by atoms with Crippen LogP contribution in [0.25, 0.3) is 12.2 Å². The van der Waals surface area contributed by atoms with Crippen LogP contribution in [0.1, 0.15) is 11.1 Å². The third-order valence-corrected chi connectivity index (χ3v) is 12.8. The van der Waals surface area contributed by atoms with Crippen LogP contribution in [0.4, 0.5) is 58.4 Å². The molecule has 0 bridgehead atoms. The van der Waals surface area contributed by atoms with Gasteiger partial charge in [-0.3, -0.25) is 18.7 Å². The molecule has 32 heteroatoms. The number of sulfonamides is 2. The van der Waals surface area contributed by atoms with Gasteiger partial charge in [-0.2, -0.15) is 46.7 Å². The Bertz CT molecular complexity index is 3270. The van der Waals surface area contributed by atoms with E-state index in [1.54, 1.807) is 0 Å². The Morgan fingerprint density at radius 1 is 0.500 bits per heavy atom. The van der Waals surface area contributed by atoms with Crippen LogP contribution in [0.3, 0.4) is 0 Å². The largest absolute Gasteiger partial charge is 0.480 e. The van der Waals surface area contributed by atoms with Crippen LogP contribution in [0.5, 0.6) is 0 Å². The molecule has 6 rings (SSSR count). The van der Waals surface area contributed by atoms with Crippen molar-refractivity contribution in [2.24, 2.45) is 10.3 Å². The fourth-order valence-corrected chi connectivity index (χ4v) is 8.39. The minimum atomic E-state index is -5.03. The summed E-state index contributed by atoms with van der Waals surface area (Å²) >= 11 is 0. The molecule has 70 heavy (non-hydrogen) atoms. The Morgan fingerprint density at radius 3 is 1.06 bits per heavy atom. The molecular formula is C38H38N14O14S4. The van der Waals surface area contributed by atoms with Crippen LogP contribution in [0.2, 0.25) is 0 Å². The molecule has 0 saturated carbocycles. The summed E-state index contributed by atoms with van der Waals surface area (Å²) in [5, 5.41) is 40.2. The molecule has 12 N–H and O–H groups in total. The molecule has 0 aliphatic heterocycles. The monoisotopic (exact) mass is 1040 g/mol. The van der Waals surface area contributed by atoms with Crippen molar-refractivity contribution in [1.82, 2.24) is 29.9 Å². The lowest BCUT2D eigenvalue weighted by Crippen LogP contribution is -2.27. The van der Waals surface area contributed by atoms with Crippen molar-refractivity contribution in [1.29, 1.82) is 0 Å². The second kappa shape index (κ2) is 20.3. The summed E-state index contributed by atoms with van der Waals surface area (Å²) < 4.78 is 118. The smallest absolute Gasteiger partial charge is 0.323 e. The van der Waals surface area contributed by atoms with Gasteiger partial charge >= 0.3 is 11.9 Å². The summed E-state index contributed by atoms with van der Waals surface area (Å²) in [5.74, 6) is -3.68. The SMILES string of the molecule is CN(CC(=O)O)c1nc(Nc2ccc(S(N)(=O)=O)cc2)nc(Nc2ccc(/C=C/c3ccc(Nc4nc(Nc5ccc(S(N)(=O)=O)cc5)nc(N(C)CC(=O)O)n4)cc3S(=O)(=O)O)c(S(=O)(=O)O)c2)n1. The summed E-state index contributed by atoms with van der Waals surface area (Å²) in [6, 6.07) is 17.3. The van der Waals surface area contributed by atoms with E-state index in [0.29, 0.717) is 0 Å². The summed E-state index contributed by atoms with van der Waals surface area (Å²) in [6.07, 6.45) is 2.25. The van der Waals surface area contributed by atoms with Gasteiger partial charge in [-0.1, -0.05) is 24.3 Å². The second-order valence-corrected chi connectivity index (χ2v) is 20.4. The first-order valence-corrected chi connectivity index (χ1v) is 25.2. The van der Waals surface area contributed by atoms with E-state index in [1.165, 1.54) is 86.9 Å². The van der Waals surface area contributed by atoms with Crippen molar-refractivity contribution in [3.8, 4) is 0 Å². The standard InChI is InChI=1S/C38H38N14O14S4/c1-51(19-31(53)54)37-47-33(41-23-9-13-27(14-10-23)67(39,57)58)45-35(49-37)43-25-7-5-21(29(17-25)69(61,62)63)3-4-22-6-8-26(18-30(22)70(64,65)66)44-36-46-34(48-38(50-36)52(2)20-32(55)56)42-24-11-15-28(16-12-24)68(40,59)60/h3-18H,19-20H2,1-2H3,(H,53,54)(H,55,56)(H2,39,57,58)(H2,40,59,60)(H,61,62,63)(H,64,65,66)(H2,41,43,45,47,49)(H2,42,44,46,48,50)/b4-3+. The van der Waals surface area contributed by atoms with Gasteiger partial charge in [-0.15, -0.1) is 0 Å². The number of nitrogens with zero attached hydrogens (tertiary/aromatic N) is 8. The minimum Gasteiger partial charge on any atom is -0.480 e. The molecule has 4 aromatic carbocycles.